The van der Waals surface area contributed by atoms with Gasteiger partial charge in [0.15, 0.2) is 5.82 Å². The molecule has 0 aliphatic heterocycles. The molecule has 2 heterocycles. The Kier molecular flexibility index (Phi) is 4.44. The SMILES string of the molecule is Cc1noc([C@H]2C[C@H](CNc3ccncc3C(F)(F)F)[C@H](O)C2)n1. The molecule has 0 bridgehead atoms. The van der Waals surface area contributed by atoms with Crippen LogP contribution in [-0.2, 0) is 6.18 Å². The lowest BCUT2D eigenvalue weighted by Crippen LogP contribution is -2.23. The predicted molar refractivity (Wildman–Crippen MR) is 78.2 cm³/mol. The number of aromatic nitrogens is 3. The molecule has 0 saturated heterocycles. The summed E-state index contributed by atoms with van der Waals surface area (Å²) in [5, 5.41) is 16.7. The molecule has 130 valence electrons. The van der Waals surface area contributed by atoms with Gasteiger partial charge < -0.3 is 14.9 Å². The third-order valence-corrected chi connectivity index (χ3v) is 4.23. The molecule has 1 aliphatic carbocycles. The van der Waals surface area contributed by atoms with Crippen LogP contribution >= 0.6 is 0 Å². The number of halogens is 3. The molecule has 1 saturated carbocycles. The maximum atomic E-state index is 13.0. The third-order valence-electron chi connectivity index (χ3n) is 4.23. The molecule has 3 rings (SSSR count). The van der Waals surface area contributed by atoms with Gasteiger partial charge in [0.25, 0.3) is 0 Å². The number of hydrogen-bond donors (Lipinski definition) is 2. The second kappa shape index (κ2) is 6.39. The average Bonchev–Trinajstić information content (AvgIpc) is 3.10. The van der Waals surface area contributed by atoms with Crippen molar-refractivity contribution in [1.82, 2.24) is 15.1 Å². The summed E-state index contributed by atoms with van der Waals surface area (Å²) in [6.07, 6.45) is -2.00. The lowest BCUT2D eigenvalue weighted by Gasteiger charge is -2.18. The van der Waals surface area contributed by atoms with Gasteiger partial charge in [0.2, 0.25) is 5.89 Å². The molecule has 24 heavy (non-hydrogen) atoms. The zero-order chi connectivity index (χ0) is 17.3. The number of nitrogens with zero attached hydrogens (tertiary/aromatic N) is 3. The minimum Gasteiger partial charge on any atom is -0.393 e. The number of hydrogen-bond acceptors (Lipinski definition) is 6. The van der Waals surface area contributed by atoms with Crippen LogP contribution in [0.25, 0.3) is 0 Å². The summed E-state index contributed by atoms with van der Waals surface area (Å²) in [7, 11) is 0. The first-order valence-electron chi connectivity index (χ1n) is 7.58. The van der Waals surface area contributed by atoms with E-state index in [9.17, 15) is 18.3 Å². The molecule has 0 radical (unpaired) electrons. The summed E-state index contributed by atoms with van der Waals surface area (Å²) in [5.74, 6) is 0.714. The van der Waals surface area contributed by atoms with Gasteiger partial charge in [-0.05, 0) is 25.8 Å². The van der Waals surface area contributed by atoms with Crippen LogP contribution in [0.1, 0.15) is 36.0 Å². The van der Waals surface area contributed by atoms with Gasteiger partial charge in [-0.3, -0.25) is 4.98 Å². The minimum atomic E-state index is -4.48. The summed E-state index contributed by atoms with van der Waals surface area (Å²) in [4.78, 5) is 7.68. The first kappa shape index (κ1) is 16.7. The Bertz CT molecular complexity index is 704. The van der Waals surface area contributed by atoms with Crippen LogP contribution in [0.4, 0.5) is 18.9 Å². The van der Waals surface area contributed by atoms with E-state index in [-0.39, 0.29) is 24.1 Å². The Hall–Kier alpha value is -2.16. The fourth-order valence-corrected chi connectivity index (χ4v) is 3.02. The Morgan fingerprint density at radius 3 is 2.83 bits per heavy atom. The summed E-state index contributed by atoms with van der Waals surface area (Å²) < 4.78 is 44.0. The topological polar surface area (TPSA) is 84.1 Å². The largest absolute Gasteiger partial charge is 0.419 e. The highest BCUT2D eigenvalue weighted by molar-refractivity contribution is 5.51. The lowest BCUT2D eigenvalue weighted by molar-refractivity contribution is -0.137. The Labute approximate surface area is 136 Å². The number of aliphatic hydroxyl groups excluding tert-OH is 1. The summed E-state index contributed by atoms with van der Waals surface area (Å²) >= 11 is 0. The summed E-state index contributed by atoms with van der Waals surface area (Å²) in [6.45, 7) is 1.93. The number of aryl methyl sites for hydroxylation is 1. The molecule has 2 aromatic heterocycles. The number of pyridine rings is 1. The number of nitrogens with one attached hydrogen (secondary N) is 1. The van der Waals surface area contributed by atoms with Crippen LogP contribution in [0.3, 0.4) is 0 Å². The van der Waals surface area contributed by atoms with E-state index in [1.807, 2.05) is 0 Å². The Morgan fingerprint density at radius 1 is 1.38 bits per heavy atom. The van der Waals surface area contributed by atoms with Gasteiger partial charge in [0, 0.05) is 36.5 Å². The fraction of sp³-hybridized carbons (Fsp3) is 0.533. The van der Waals surface area contributed by atoms with Gasteiger partial charge in [-0.2, -0.15) is 18.2 Å². The highest BCUT2D eigenvalue weighted by atomic mass is 19.4. The second-order valence-corrected chi connectivity index (χ2v) is 5.98. The normalized spacial score (nSPS) is 24.3. The van der Waals surface area contributed by atoms with Crippen molar-refractivity contribution in [2.75, 3.05) is 11.9 Å². The molecule has 2 aromatic rings. The van der Waals surface area contributed by atoms with E-state index in [4.69, 9.17) is 4.52 Å². The van der Waals surface area contributed by atoms with E-state index in [0.717, 1.165) is 6.20 Å². The molecule has 0 spiro atoms. The molecule has 1 fully saturated rings. The molecule has 6 nitrogen and oxygen atoms in total. The summed E-state index contributed by atoms with van der Waals surface area (Å²) in [6, 6.07) is 1.28. The van der Waals surface area contributed by atoms with E-state index >= 15 is 0 Å². The van der Waals surface area contributed by atoms with Crippen molar-refractivity contribution in [2.45, 2.75) is 38.0 Å². The van der Waals surface area contributed by atoms with Gasteiger partial charge in [-0.25, -0.2) is 0 Å². The number of rotatable bonds is 4. The minimum absolute atomic E-state index is 0.0400. The highest BCUT2D eigenvalue weighted by Gasteiger charge is 2.37. The third kappa shape index (κ3) is 3.50. The van der Waals surface area contributed by atoms with Crippen molar-refractivity contribution >= 4 is 5.69 Å². The molecule has 9 heteroatoms. The zero-order valence-electron chi connectivity index (χ0n) is 12.9. The van der Waals surface area contributed by atoms with Gasteiger partial charge in [-0.1, -0.05) is 5.16 Å². The van der Waals surface area contributed by atoms with E-state index in [0.29, 0.717) is 24.6 Å². The van der Waals surface area contributed by atoms with Crippen molar-refractivity contribution < 1.29 is 22.8 Å². The van der Waals surface area contributed by atoms with Gasteiger partial charge >= 0.3 is 6.18 Å². The predicted octanol–water partition coefficient (Wildman–Crippen LogP) is 2.76. The van der Waals surface area contributed by atoms with Crippen molar-refractivity contribution in [3.63, 3.8) is 0 Å². The molecular formula is C15H17F3N4O2. The fourth-order valence-electron chi connectivity index (χ4n) is 3.02. The zero-order valence-corrected chi connectivity index (χ0v) is 12.9. The molecular weight excluding hydrogens is 325 g/mol. The summed E-state index contributed by atoms with van der Waals surface area (Å²) in [5.41, 5.74) is -0.858. The van der Waals surface area contributed by atoms with Crippen LogP contribution in [0, 0.1) is 12.8 Å². The van der Waals surface area contributed by atoms with Gasteiger partial charge in [0.1, 0.15) is 0 Å². The number of aliphatic hydroxyl groups is 1. The van der Waals surface area contributed by atoms with Crippen LogP contribution in [0.15, 0.2) is 23.0 Å². The molecule has 0 aromatic carbocycles. The van der Waals surface area contributed by atoms with E-state index < -0.39 is 17.8 Å². The Balaban J connectivity index is 1.65. The van der Waals surface area contributed by atoms with Crippen molar-refractivity contribution in [1.29, 1.82) is 0 Å². The van der Waals surface area contributed by atoms with E-state index in [1.165, 1.54) is 12.3 Å². The standard InChI is InChI=1S/C15H17F3N4O2/c1-8-21-14(24-22-8)9-4-10(13(23)5-9)6-20-12-2-3-19-7-11(12)15(16,17)18/h2-3,7,9-10,13,23H,4-6H2,1H3,(H,19,20)/t9-,10+,13+/m0/s1. The van der Waals surface area contributed by atoms with Crippen LogP contribution in [0.5, 0.6) is 0 Å². The van der Waals surface area contributed by atoms with Gasteiger partial charge in [0.05, 0.1) is 11.7 Å². The van der Waals surface area contributed by atoms with E-state index in [1.54, 1.807) is 6.92 Å². The molecule has 0 amide bonds. The first-order chi connectivity index (χ1) is 11.3. The van der Waals surface area contributed by atoms with Crippen molar-refractivity contribution in [3.8, 4) is 0 Å². The van der Waals surface area contributed by atoms with Crippen molar-refractivity contribution in [3.05, 3.63) is 35.7 Å². The quantitative estimate of drug-likeness (QED) is 0.889. The smallest absolute Gasteiger partial charge is 0.393 e. The number of anilines is 1. The maximum Gasteiger partial charge on any atom is 0.419 e. The monoisotopic (exact) mass is 342 g/mol. The molecule has 2 N–H and O–H groups in total. The van der Waals surface area contributed by atoms with Gasteiger partial charge in [-0.15, -0.1) is 0 Å². The Morgan fingerprint density at radius 2 is 2.17 bits per heavy atom. The van der Waals surface area contributed by atoms with Crippen molar-refractivity contribution in [2.24, 2.45) is 5.92 Å². The lowest BCUT2D eigenvalue weighted by atomic mass is 10.0. The highest BCUT2D eigenvalue weighted by Crippen LogP contribution is 2.39. The number of alkyl halides is 3. The van der Waals surface area contributed by atoms with Crippen LogP contribution in [-0.4, -0.2) is 32.9 Å². The maximum absolute atomic E-state index is 13.0. The first-order valence-corrected chi connectivity index (χ1v) is 7.58. The van der Waals surface area contributed by atoms with Crippen LogP contribution in [0.2, 0.25) is 0 Å². The molecule has 0 unspecified atom stereocenters. The average molecular weight is 342 g/mol. The second-order valence-electron chi connectivity index (χ2n) is 5.98. The molecule has 3 atom stereocenters. The molecule has 1 aliphatic rings. The van der Waals surface area contributed by atoms with E-state index in [2.05, 4.69) is 20.4 Å². The van der Waals surface area contributed by atoms with Crippen LogP contribution < -0.4 is 5.32 Å².